The predicted octanol–water partition coefficient (Wildman–Crippen LogP) is 4.72. The van der Waals surface area contributed by atoms with Crippen molar-refractivity contribution in [2.24, 2.45) is 10.4 Å². The Morgan fingerprint density at radius 3 is 1.30 bits per heavy atom. The summed E-state index contributed by atoms with van der Waals surface area (Å²) in [6.45, 7) is 0. The Balaban J connectivity index is 1.54. The lowest BCUT2D eigenvalue weighted by molar-refractivity contribution is 0.475. The SMILES string of the molecule is O=NC1c2ccc(S(=O)(=O)Nc3cccc(O)c3)cc2C(N=O)c2ccc(S(=O)(=O)Nc3cccc(O)c3)cc21. The Labute approximate surface area is 228 Å². The van der Waals surface area contributed by atoms with Gasteiger partial charge in [0.15, 0.2) is 0 Å². The highest BCUT2D eigenvalue weighted by molar-refractivity contribution is 7.93. The molecule has 0 heterocycles. The first-order chi connectivity index (χ1) is 19.0. The summed E-state index contributed by atoms with van der Waals surface area (Å²) in [5.41, 5.74) is 0.846. The fraction of sp³-hybridized carbons (Fsp3) is 0.0769. The third-order valence-corrected chi connectivity index (χ3v) is 9.08. The Hall–Kier alpha value is -4.82. The number of sulfonamides is 2. The summed E-state index contributed by atoms with van der Waals surface area (Å²) in [7, 11) is -8.35. The monoisotopic (exact) mass is 580 g/mol. The number of nitrogens with zero attached hydrogens (tertiary/aromatic N) is 2. The number of phenolic OH excluding ortho intramolecular Hbond substituents is 2. The number of hydrogen-bond acceptors (Lipinski definition) is 10. The zero-order valence-corrected chi connectivity index (χ0v) is 21.9. The third-order valence-electron chi connectivity index (χ3n) is 6.32. The van der Waals surface area contributed by atoms with Gasteiger partial charge in [0.2, 0.25) is 0 Å². The van der Waals surface area contributed by atoms with Crippen LogP contribution in [0, 0.1) is 9.81 Å². The third kappa shape index (κ3) is 4.97. The van der Waals surface area contributed by atoms with Gasteiger partial charge in [-0.15, -0.1) is 9.81 Å². The van der Waals surface area contributed by atoms with Crippen molar-refractivity contribution >= 4 is 31.4 Å². The lowest BCUT2D eigenvalue weighted by Gasteiger charge is -2.28. The molecule has 5 rings (SSSR count). The van der Waals surface area contributed by atoms with E-state index in [0.29, 0.717) is 0 Å². The van der Waals surface area contributed by atoms with E-state index in [1.807, 2.05) is 0 Å². The summed E-state index contributed by atoms with van der Waals surface area (Å²) in [6.07, 6.45) is 0. The van der Waals surface area contributed by atoms with Gasteiger partial charge in [-0.05, 0) is 70.8 Å². The summed E-state index contributed by atoms with van der Waals surface area (Å²) in [4.78, 5) is 23.6. The number of aromatic hydroxyl groups is 2. The molecular formula is C26H20N4O8S2. The topological polar surface area (TPSA) is 192 Å². The maximum absolute atomic E-state index is 13.0. The van der Waals surface area contributed by atoms with Gasteiger partial charge in [0, 0.05) is 12.1 Å². The zero-order valence-electron chi connectivity index (χ0n) is 20.3. The molecule has 0 aromatic heterocycles. The first-order valence-corrected chi connectivity index (χ1v) is 14.6. The van der Waals surface area contributed by atoms with E-state index in [9.17, 15) is 36.9 Å². The van der Waals surface area contributed by atoms with Gasteiger partial charge in [-0.3, -0.25) is 9.44 Å². The second-order valence-corrected chi connectivity index (χ2v) is 12.3. The van der Waals surface area contributed by atoms with Crippen LogP contribution in [0.2, 0.25) is 0 Å². The number of nitrogens with one attached hydrogen (secondary N) is 2. The molecule has 14 heteroatoms. The van der Waals surface area contributed by atoms with E-state index in [4.69, 9.17) is 0 Å². The number of fused-ring (bicyclic) bond motifs is 2. The van der Waals surface area contributed by atoms with Crippen molar-refractivity contribution in [1.29, 1.82) is 0 Å². The number of benzene rings is 4. The van der Waals surface area contributed by atoms with Crippen LogP contribution in [-0.2, 0) is 20.0 Å². The van der Waals surface area contributed by atoms with Crippen LogP contribution in [0.5, 0.6) is 11.5 Å². The fourth-order valence-corrected chi connectivity index (χ4v) is 6.71. The van der Waals surface area contributed by atoms with E-state index >= 15 is 0 Å². The summed E-state index contributed by atoms with van der Waals surface area (Å²) in [5, 5.41) is 25.6. The van der Waals surface area contributed by atoms with Crippen LogP contribution in [0.3, 0.4) is 0 Å². The Morgan fingerprint density at radius 2 is 0.950 bits per heavy atom. The van der Waals surface area contributed by atoms with Crippen LogP contribution >= 0.6 is 0 Å². The molecule has 0 saturated carbocycles. The molecule has 0 radical (unpaired) electrons. The lowest BCUT2D eigenvalue weighted by Crippen LogP contribution is -2.20. The molecule has 0 amide bonds. The lowest BCUT2D eigenvalue weighted by atomic mass is 9.80. The van der Waals surface area contributed by atoms with E-state index in [1.165, 1.54) is 84.9 Å². The van der Waals surface area contributed by atoms with E-state index in [0.717, 1.165) is 0 Å². The van der Waals surface area contributed by atoms with Crippen LogP contribution in [0.25, 0.3) is 0 Å². The minimum atomic E-state index is -4.17. The highest BCUT2D eigenvalue weighted by Crippen LogP contribution is 2.46. The van der Waals surface area contributed by atoms with Gasteiger partial charge >= 0.3 is 0 Å². The first kappa shape index (κ1) is 26.8. The van der Waals surface area contributed by atoms with Crippen molar-refractivity contribution in [3.63, 3.8) is 0 Å². The molecule has 1 aliphatic carbocycles. The average molecular weight is 581 g/mol. The Morgan fingerprint density at radius 1 is 0.550 bits per heavy atom. The summed E-state index contributed by atoms with van der Waals surface area (Å²) < 4.78 is 56.8. The fourth-order valence-electron chi connectivity index (χ4n) is 4.54. The highest BCUT2D eigenvalue weighted by Gasteiger charge is 2.36. The molecular weight excluding hydrogens is 560 g/mol. The van der Waals surface area contributed by atoms with Gasteiger partial charge in [0.1, 0.15) is 23.6 Å². The van der Waals surface area contributed by atoms with Crippen LogP contribution in [0.4, 0.5) is 11.4 Å². The second kappa shape index (κ2) is 10.1. The summed E-state index contributed by atoms with van der Waals surface area (Å²) in [5.74, 6) is -0.295. The number of nitroso groups, excluding NO2 is 2. The van der Waals surface area contributed by atoms with Gasteiger partial charge in [0.05, 0.1) is 21.2 Å². The van der Waals surface area contributed by atoms with Crippen molar-refractivity contribution in [3.05, 3.63) is 117 Å². The number of hydrogen-bond donors (Lipinski definition) is 4. The molecule has 0 bridgehead atoms. The van der Waals surface area contributed by atoms with Crippen molar-refractivity contribution in [1.82, 2.24) is 0 Å². The molecule has 40 heavy (non-hydrogen) atoms. The highest BCUT2D eigenvalue weighted by atomic mass is 32.2. The smallest absolute Gasteiger partial charge is 0.261 e. The van der Waals surface area contributed by atoms with E-state index in [2.05, 4.69) is 19.8 Å². The van der Waals surface area contributed by atoms with Gasteiger partial charge in [-0.2, -0.15) is 0 Å². The zero-order chi connectivity index (χ0) is 28.7. The number of anilines is 2. The normalized spacial score (nSPS) is 16.3. The molecule has 0 aliphatic heterocycles. The largest absolute Gasteiger partial charge is 0.508 e. The maximum atomic E-state index is 13.0. The standard InChI is InChI=1S/C26H20N4O8S2/c31-17-5-1-3-15(11-17)29-39(35,36)19-7-9-21-23(13-19)25(27-33)22-10-8-20(14-24(22)26(21)28-34)40(37,38)30-16-4-2-6-18(32)12-16/h1-14,25-26,29-32H. The molecule has 4 aromatic carbocycles. The van der Waals surface area contributed by atoms with Gasteiger partial charge < -0.3 is 10.2 Å². The summed E-state index contributed by atoms with van der Waals surface area (Å²) >= 11 is 0. The van der Waals surface area contributed by atoms with Crippen LogP contribution in [0.1, 0.15) is 34.3 Å². The van der Waals surface area contributed by atoms with Crippen LogP contribution in [-0.4, -0.2) is 27.0 Å². The number of rotatable bonds is 8. The molecule has 0 fully saturated rings. The van der Waals surface area contributed by atoms with Crippen molar-refractivity contribution in [2.45, 2.75) is 21.9 Å². The first-order valence-electron chi connectivity index (χ1n) is 11.6. The molecule has 0 spiro atoms. The van der Waals surface area contributed by atoms with Gasteiger partial charge in [-0.25, -0.2) is 16.8 Å². The maximum Gasteiger partial charge on any atom is 0.261 e. The van der Waals surface area contributed by atoms with Crippen LogP contribution in [0.15, 0.2) is 105 Å². The molecule has 2 unspecified atom stereocenters. The predicted molar refractivity (Wildman–Crippen MR) is 146 cm³/mol. The van der Waals surface area contributed by atoms with E-state index in [-0.39, 0.29) is 54.9 Å². The minimum absolute atomic E-state index is 0.105. The van der Waals surface area contributed by atoms with Gasteiger partial charge in [-0.1, -0.05) is 34.6 Å². The Bertz CT molecular complexity index is 1740. The molecule has 12 nitrogen and oxygen atoms in total. The molecule has 1 aliphatic rings. The Kier molecular flexibility index (Phi) is 6.73. The second-order valence-electron chi connectivity index (χ2n) is 8.91. The minimum Gasteiger partial charge on any atom is -0.508 e. The quantitative estimate of drug-likeness (QED) is 0.215. The van der Waals surface area contributed by atoms with Crippen LogP contribution < -0.4 is 9.44 Å². The number of phenols is 2. The van der Waals surface area contributed by atoms with E-state index in [1.54, 1.807) is 0 Å². The van der Waals surface area contributed by atoms with Gasteiger partial charge in [0.25, 0.3) is 20.0 Å². The molecule has 0 saturated heterocycles. The molecule has 4 aromatic rings. The van der Waals surface area contributed by atoms with E-state index < -0.39 is 32.1 Å². The average Bonchev–Trinajstić information content (AvgIpc) is 2.90. The molecule has 204 valence electrons. The van der Waals surface area contributed by atoms with Crippen molar-refractivity contribution < 1.29 is 27.0 Å². The summed E-state index contributed by atoms with van der Waals surface area (Å²) in [6, 6.07) is 16.0. The molecule has 2 atom stereocenters. The van der Waals surface area contributed by atoms with Crippen molar-refractivity contribution in [3.8, 4) is 11.5 Å². The van der Waals surface area contributed by atoms with Crippen molar-refractivity contribution in [2.75, 3.05) is 9.44 Å². The molecule has 4 N–H and O–H groups in total.